The summed E-state index contributed by atoms with van der Waals surface area (Å²) in [6.45, 7) is 6.37. The standard InChI is InChI=1S/C13H18BrFN2.ClH/c1-2-13(17-7-5-16-6-8-17)11-4-3-10(15)9-12(11)14;/h3-4,9,13,16H,2,5-8H2,1H3;1H/t13-;/m1./s1. The first-order valence-corrected chi connectivity index (χ1v) is 6.91. The summed E-state index contributed by atoms with van der Waals surface area (Å²) in [6, 6.07) is 5.38. The Labute approximate surface area is 122 Å². The molecule has 1 aliphatic rings. The normalized spacial score (nSPS) is 18.2. The highest BCUT2D eigenvalue weighted by molar-refractivity contribution is 9.10. The second kappa shape index (κ2) is 7.43. The first-order chi connectivity index (χ1) is 8.22. The summed E-state index contributed by atoms with van der Waals surface area (Å²) in [5.41, 5.74) is 1.19. The number of halogens is 3. The maximum atomic E-state index is 13.1. The van der Waals surface area contributed by atoms with E-state index in [2.05, 4.69) is 33.1 Å². The van der Waals surface area contributed by atoms with E-state index in [0.29, 0.717) is 6.04 Å². The lowest BCUT2D eigenvalue weighted by atomic mass is 10.0. The van der Waals surface area contributed by atoms with Gasteiger partial charge in [0, 0.05) is 36.7 Å². The predicted octanol–water partition coefficient (Wildman–Crippen LogP) is 3.37. The van der Waals surface area contributed by atoms with Crippen molar-refractivity contribution in [1.29, 1.82) is 0 Å². The lowest BCUT2D eigenvalue weighted by molar-refractivity contribution is 0.169. The van der Waals surface area contributed by atoms with Crippen molar-refractivity contribution >= 4 is 28.3 Å². The molecule has 1 aromatic carbocycles. The molecule has 2 nitrogen and oxygen atoms in total. The van der Waals surface area contributed by atoms with E-state index < -0.39 is 0 Å². The van der Waals surface area contributed by atoms with E-state index in [9.17, 15) is 4.39 Å². The van der Waals surface area contributed by atoms with Crippen LogP contribution in [0.15, 0.2) is 22.7 Å². The fourth-order valence-corrected chi connectivity index (χ4v) is 3.06. The Morgan fingerprint density at radius 3 is 2.61 bits per heavy atom. The summed E-state index contributed by atoms with van der Waals surface area (Å²) in [6.07, 6.45) is 1.05. The van der Waals surface area contributed by atoms with Crippen LogP contribution in [0, 0.1) is 5.82 Å². The average molecular weight is 338 g/mol. The molecule has 1 aromatic rings. The van der Waals surface area contributed by atoms with Crippen LogP contribution < -0.4 is 5.32 Å². The molecule has 1 N–H and O–H groups in total. The zero-order valence-corrected chi connectivity index (χ0v) is 12.9. The lowest BCUT2D eigenvalue weighted by Crippen LogP contribution is -2.45. The number of benzene rings is 1. The Balaban J connectivity index is 0.00000162. The third-order valence-electron chi connectivity index (χ3n) is 3.30. The van der Waals surface area contributed by atoms with Crippen LogP contribution >= 0.6 is 28.3 Å². The molecule has 5 heteroatoms. The monoisotopic (exact) mass is 336 g/mol. The number of hydrogen-bond donors (Lipinski definition) is 1. The van der Waals surface area contributed by atoms with Gasteiger partial charge >= 0.3 is 0 Å². The van der Waals surface area contributed by atoms with Gasteiger partial charge in [-0.3, -0.25) is 4.90 Å². The van der Waals surface area contributed by atoms with Crippen LogP contribution in [0.1, 0.15) is 24.9 Å². The van der Waals surface area contributed by atoms with E-state index in [4.69, 9.17) is 0 Å². The summed E-state index contributed by atoms with van der Waals surface area (Å²) in [4.78, 5) is 2.47. The second-order valence-corrected chi connectivity index (χ2v) is 5.23. The first-order valence-electron chi connectivity index (χ1n) is 6.12. The molecule has 18 heavy (non-hydrogen) atoms. The topological polar surface area (TPSA) is 15.3 Å². The van der Waals surface area contributed by atoms with Crippen LogP contribution in [0.2, 0.25) is 0 Å². The van der Waals surface area contributed by atoms with Crippen LogP contribution in [0.5, 0.6) is 0 Å². The van der Waals surface area contributed by atoms with Crippen molar-refractivity contribution in [3.63, 3.8) is 0 Å². The highest BCUT2D eigenvalue weighted by atomic mass is 79.9. The van der Waals surface area contributed by atoms with Crippen molar-refractivity contribution in [3.05, 3.63) is 34.1 Å². The van der Waals surface area contributed by atoms with Gasteiger partial charge in [0.15, 0.2) is 0 Å². The third-order valence-corrected chi connectivity index (χ3v) is 3.99. The van der Waals surface area contributed by atoms with E-state index in [1.807, 2.05) is 6.07 Å². The van der Waals surface area contributed by atoms with Gasteiger partial charge in [-0.2, -0.15) is 0 Å². The molecule has 2 rings (SSSR count). The van der Waals surface area contributed by atoms with E-state index in [-0.39, 0.29) is 18.2 Å². The van der Waals surface area contributed by atoms with Crippen LogP contribution in [0.4, 0.5) is 4.39 Å². The molecule has 0 amide bonds. The summed E-state index contributed by atoms with van der Waals surface area (Å²) in [7, 11) is 0. The van der Waals surface area contributed by atoms with Crippen molar-refractivity contribution < 1.29 is 4.39 Å². The number of rotatable bonds is 3. The molecule has 1 atom stereocenters. The second-order valence-electron chi connectivity index (χ2n) is 4.38. The number of nitrogens with zero attached hydrogens (tertiary/aromatic N) is 1. The van der Waals surface area contributed by atoms with Crippen LogP contribution in [-0.2, 0) is 0 Å². The zero-order valence-electron chi connectivity index (χ0n) is 10.5. The average Bonchev–Trinajstić information content (AvgIpc) is 2.34. The molecule has 1 saturated heterocycles. The van der Waals surface area contributed by atoms with Gasteiger partial charge in [-0.1, -0.05) is 28.9 Å². The molecule has 1 aliphatic heterocycles. The highest BCUT2D eigenvalue weighted by Gasteiger charge is 2.22. The minimum atomic E-state index is -0.184. The Bertz CT molecular complexity index is 383. The molecule has 0 unspecified atom stereocenters. The molecule has 1 heterocycles. The molecule has 0 spiro atoms. The van der Waals surface area contributed by atoms with Gasteiger partial charge in [0.1, 0.15) is 5.82 Å². The summed E-state index contributed by atoms with van der Waals surface area (Å²) in [5, 5.41) is 3.36. The van der Waals surface area contributed by atoms with Gasteiger partial charge in [0.05, 0.1) is 0 Å². The van der Waals surface area contributed by atoms with Gasteiger partial charge in [-0.25, -0.2) is 4.39 Å². The smallest absolute Gasteiger partial charge is 0.124 e. The molecule has 0 saturated carbocycles. The molecule has 0 aliphatic carbocycles. The minimum absolute atomic E-state index is 0. The Kier molecular flexibility index (Phi) is 6.57. The quantitative estimate of drug-likeness (QED) is 0.910. The van der Waals surface area contributed by atoms with Crippen molar-refractivity contribution in [2.75, 3.05) is 26.2 Å². The van der Waals surface area contributed by atoms with Crippen LogP contribution in [0.25, 0.3) is 0 Å². The Morgan fingerprint density at radius 1 is 1.39 bits per heavy atom. The summed E-state index contributed by atoms with van der Waals surface area (Å²) < 4.78 is 14.0. The van der Waals surface area contributed by atoms with E-state index in [1.165, 1.54) is 5.56 Å². The maximum Gasteiger partial charge on any atom is 0.124 e. The molecule has 0 aromatic heterocycles. The zero-order chi connectivity index (χ0) is 12.3. The first kappa shape index (κ1) is 15.9. The lowest BCUT2D eigenvalue weighted by Gasteiger charge is -2.35. The Hall–Kier alpha value is -0.160. The molecular weight excluding hydrogens is 319 g/mol. The number of piperazine rings is 1. The van der Waals surface area contributed by atoms with E-state index >= 15 is 0 Å². The molecule has 1 fully saturated rings. The van der Waals surface area contributed by atoms with Gasteiger partial charge in [-0.05, 0) is 24.1 Å². The van der Waals surface area contributed by atoms with Crippen molar-refractivity contribution in [3.8, 4) is 0 Å². The fourth-order valence-electron chi connectivity index (χ4n) is 2.44. The summed E-state index contributed by atoms with van der Waals surface area (Å²) in [5.74, 6) is -0.184. The van der Waals surface area contributed by atoms with E-state index in [1.54, 1.807) is 12.1 Å². The maximum absolute atomic E-state index is 13.1. The predicted molar refractivity (Wildman–Crippen MR) is 78.8 cm³/mol. The number of nitrogens with one attached hydrogen (secondary N) is 1. The van der Waals surface area contributed by atoms with Gasteiger partial charge in [0.25, 0.3) is 0 Å². The molecular formula is C13H19BrClFN2. The minimum Gasteiger partial charge on any atom is -0.314 e. The van der Waals surface area contributed by atoms with Gasteiger partial charge in [0.2, 0.25) is 0 Å². The Morgan fingerprint density at radius 2 is 2.06 bits per heavy atom. The fraction of sp³-hybridized carbons (Fsp3) is 0.538. The van der Waals surface area contributed by atoms with Gasteiger partial charge in [-0.15, -0.1) is 12.4 Å². The van der Waals surface area contributed by atoms with E-state index in [0.717, 1.165) is 37.1 Å². The summed E-state index contributed by atoms with van der Waals surface area (Å²) >= 11 is 3.47. The van der Waals surface area contributed by atoms with Gasteiger partial charge < -0.3 is 5.32 Å². The highest BCUT2D eigenvalue weighted by Crippen LogP contribution is 2.31. The SMILES string of the molecule is CC[C@H](c1ccc(F)cc1Br)N1CCNCC1.Cl. The molecule has 0 bridgehead atoms. The van der Waals surface area contributed by atoms with Crippen LogP contribution in [-0.4, -0.2) is 31.1 Å². The van der Waals surface area contributed by atoms with Crippen molar-refractivity contribution in [1.82, 2.24) is 10.2 Å². The molecule has 102 valence electrons. The number of hydrogen-bond acceptors (Lipinski definition) is 2. The van der Waals surface area contributed by atoms with Crippen molar-refractivity contribution in [2.45, 2.75) is 19.4 Å². The van der Waals surface area contributed by atoms with Crippen LogP contribution in [0.3, 0.4) is 0 Å². The third kappa shape index (κ3) is 3.67. The molecule has 0 radical (unpaired) electrons. The largest absolute Gasteiger partial charge is 0.314 e. The van der Waals surface area contributed by atoms with Crippen molar-refractivity contribution in [2.24, 2.45) is 0 Å².